The van der Waals surface area contributed by atoms with E-state index in [1.54, 1.807) is 0 Å². The van der Waals surface area contributed by atoms with Crippen LogP contribution in [0.25, 0.3) is 0 Å². The van der Waals surface area contributed by atoms with Gasteiger partial charge in [-0.25, -0.2) is 8.42 Å². The number of aryl methyl sites for hydroxylation is 2. The van der Waals surface area contributed by atoms with E-state index in [9.17, 15) is 13.2 Å². The summed E-state index contributed by atoms with van der Waals surface area (Å²) in [6.45, 7) is 4.02. The van der Waals surface area contributed by atoms with Crippen LogP contribution in [0.4, 0.5) is 5.69 Å². The Bertz CT molecular complexity index is 911. The number of benzene rings is 2. The first-order chi connectivity index (χ1) is 13.1. The summed E-state index contributed by atoms with van der Waals surface area (Å²) in [6, 6.07) is 11.7. The first kappa shape index (κ1) is 22.5. The zero-order valence-electron chi connectivity index (χ0n) is 16.1. The normalized spacial score (nSPS) is 12.5. The van der Waals surface area contributed by atoms with Crippen LogP contribution in [0.2, 0.25) is 10.0 Å². The van der Waals surface area contributed by atoms with Crippen LogP contribution < -0.4 is 9.62 Å². The third-order valence-electron chi connectivity index (χ3n) is 4.25. The van der Waals surface area contributed by atoms with Gasteiger partial charge in [0.25, 0.3) is 0 Å². The quantitative estimate of drug-likeness (QED) is 0.622. The summed E-state index contributed by atoms with van der Waals surface area (Å²) < 4.78 is 25.6. The molecule has 0 spiro atoms. The van der Waals surface area contributed by atoms with E-state index in [0.29, 0.717) is 16.6 Å². The topological polar surface area (TPSA) is 66.5 Å². The standard InChI is InChI=1S/C20H24Cl2N2O3S/c1-14-6-8-16(9-7-14)5-4-10-23-20(25)15(2)24(28(3,26)27)19-12-17(21)11-18(22)13-19/h6-9,11-13,15H,4-5,10H2,1-3H3,(H,23,25)/t15-/m0/s1. The van der Waals surface area contributed by atoms with Crippen LogP contribution in [-0.2, 0) is 21.2 Å². The average molecular weight is 443 g/mol. The molecule has 1 N–H and O–H groups in total. The summed E-state index contributed by atoms with van der Waals surface area (Å²) in [4.78, 5) is 12.5. The molecule has 0 aromatic heterocycles. The number of amides is 1. The molecule has 0 aliphatic heterocycles. The molecule has 2 aromatic carbocycles. The first-order valence-electron chi connectivity index (χ1n) is 8.86. The number of anilines is 1. The molecule has 28 heavy (non-hydrogen) atoms. The van der Waals surface area contributed by atoms with Crippen molar-refractivity contribution in [3.05, 3.63) is 63.6 Å². The summed E-state index contributed by atoms with van der Waals surface area (Å²) in [7, 11) is -3.72. The van der Waals surface area contributed by atoms with Crippen molar-refractivity contribution in [2.75, 3.05) is 17.1 Å². The number of carbonyl (C=O) groups is 1. The van der Waals surface area contributed by atoms with Crippen LogP contribution >= 0.6 is 23.2 Å². The molecule has 0 bridgehead atoms. The molecule has 0 unspecified atom stereocenters. The number of hydrogen-bond donors (Lipinski definition) is 1. The van der Waals surface area contributed by atoms with Crippen LogP contribution in [0.3, 0.4) is 0 Å². The van der Waals surface area contributed by atoms with Crippen LogP contribution in [0.5, 0.6) is 0 Å². The van der Waals surface area contributed by atoms with Gasteiger partial charge in [-0.15, -0.1) is 0 Å². The Kier molecular flexibility index (Phi) is 7.75. The van der Waals surface area contributed by atoms with Gasteiger partial charge in [0, 0.05) is 16.6 Å². The largest absolute Gasteiger partial charge is 0.354 e. The van der Waals surface area contributed by atoms with Gasteiger partial charge in [-0.1, -0.05) is 53.0 Å². The third-order valence-corrected chi connectivity index (χ3v) is 5.93. The number of rotatable bonds is 8. The fourth-order valence-corrected chi connectivity index (χ4v) is 4.55. The molecule has 0 fully saturated rings. The Hall–Kier alpha value is -1.76. The van der Waals surface area contributed by atoms with Crippen molar-refractivity contribution in [2.24, 2.45) is 0 Å². The molecular formula is C20H24Cl2N2O3S. The number of sulfonamides is 1. The molecular weight excluding hydrogens is 419 g/mol. The molecule has 0 saturated carbocycles. The Morgan fingerprint density at radius 1 is 1.11 bits per heavy atom. The molecule has 2 rings (SSSR count). The van der Waals surface area contributed by atoms with E-state index in [2.05, 4.69) is 29.6 Å². The highest BCUT2D eigenvalue weighted by Crippen LogP contribution is 2.28. The molecule has 0 aliphatic carbocycles. The average Bonchev–Trinajstić information content (AvgIpc) is 2.58. The highest BCUT2D eigenvalue weighted by molar-refractivity contribution is 7.92. The molecule has 8 heteroatoms. The van der Waals surface area contributed by atoms with E-state index in [1.807, 2.05) is 6.92 Å². The predicted molar refractivity (Wildman–Crippen MR) is 116 cm³/mol. The van der Waals surface area contributed by atoms with Crippen molar-refractivity contribution in [1.29, 1.82) is 0 Å². The number of hydrogen-bond acceptors (Lipinski definition) is 3. The maximum absolute atomic E-state index is 12.5. The van der Waals surface area contributed by atoms with Crippen molar-refractivity contribution in [2.45, 2.75) is 32.7 Å². The van der Waals surface area contributed by atoms with Gasteiger partial charge in [0.05, 0.1) is 11.9 Å². The van der Waals surface area contributed by atoms with Gasteiger partial charge in [0.2, 0.25) is 15.9 Å². The number of halogens is 2. The lowest BCUT2D eigenvalue weighted by molar-refractivity contribution is -0.121. The summed E-state index contributed by atoms with van der Waals surface area (Å²) in [5.41, 5.74) is 2.65. The molecule has 0 aliphatic rings. The van der Waals surface area contributed by atoms with Crippen LogP contribution in [-0.4, -0.2) is 33.2 Å². The molecule has 1 atom stereocenters. The van der Waals surface area contributed by atoms with Crippen molar-refractivity contribution in [3.63, 3.8) is 0 Å². The van der Waals surface area contributed by atoms with E-state index in [4.69, 9.17) is 23.2 Å². The second-order valence-electron chi connectivity index (χ2n) is 6.74. The summed E-state index contributed by atoms with van der Waals surface area (Å²) in [5, 5.41) is 3.39. The molecule has 152 valence electrons. The third kappa shape index (κ3) is 6.40. The van der Waals surface area contributed by atoms with E-state index < -0.39 is 16.1 Å². The Balaban J connectivity index is 2.02. The van der Waals surface area contributed by atoms with E-state index in [0.717, 1.165) is 23.4 Å². The van der Waals surface area contributed by atoms with E-state index >= 15 is 0 Å². The van der Waals surface area contributed by atoms with Crippen molar-refractivity contribution >= 4 is 44.8 Å². The zero-order valence-corrected chi connectivity index (χ0v) is 18.4. The molecule has 5 nitrogen and oxygen atoms in total. The maximum atomic E-state index is 12.5. The predicted octanol–water partition coefficient (Wildman–Crippen LogP) is 4.21. The SMILES string of the molecule is Cc1ccc(CCCNC(=O)[C@H](C)N(c2cc(Cl)cc(Cl)c2)S(C)(=O)=O)cc1. The highest BCUT2D eigenvalue weighted by atomic mass is 35.5. The molecule has 2 aromatic rings. The lowest BCUT2D eigenvalue weighted by Crippen LogP contribution is -2.48. The monoisotopic (exact) mass is 442 g/mol. The summed E-state index contributed by atoms with van der Waals surface area (Å²) in [6.07, 6.45) is 2.63. The number of nitrogens with zero attached hydrogens (tertiary/aromatic N) is 1. The lowest BCUT2D eigenvalue weighted by atomic mass is 10.1. The zero-order chi connectivity index (χ0) is 20.9. The van der Waals surface area contributed by atoms with Gasteiger partial charge >= 0.3 is 0 Å². The van der Waals surface area contributed by atoms with Crippen LogP contribution in [0.1, 0.15) is 24.5 Å². The number of nitrogens with one attached hydrogen (secondary N) is 1. The molecule has 1 amide bonds. The van der Waals surface area contributed by atoms with Crippen molar-refractivity contribution in [3.8, 4) is 0 Å². The minimum atomic E-state index is -3.72. The molecule has 0 radical (unpaired) electrons. The van der Waals surface area contributed by atoms with Gasteiger partial charge in [-0.3, -0.25) is 9.10 Å². The van der Waals surface area contributed by atoms with Crippen molar-refractivity contribution in [1.82, 2.24) is 5.32 Å². The van der Waals surface area contributed by atoms with Gasteiger partial charge in [0.1, 0.15) is 6.04 Å². The van der Waals surface area contributed by atoms with Gasteiger partial charge in [0.15, 0.2) is 0 Å². The molecule has 0 saturated heterocycles. The van der Waals surface area contributed by atoms with E-state index in [1.165, 1.54) is 36.2 Å². The molecule has 0 heterocycles. The summed E-state index contributed by atoms with van der Waals surface area (Å²) in [5.74, 6) is -0.384. The fourth-order valence-electron chi connectivity index (χ4n) is 2.88. The van der Waals surface area contributed by atoms with Crippen molar-refractivity contribution < 1.29 is 13.2 Å². The van der Waals surface area contributed by atoms with Gasteiger partial charge in [-0.05, 0) is 50.5 Å². The Labute approximate surface area is 176 Å². The second kappa shape index (κ2) is 9.63. The summed E-state index contributed by atoms with van der Waals surface area (Å²) >= 11 is 12.0. The number of carbonyl (C=O) groups excluding carboxylic acids is 1. The Morgan fingerprint density at radius 2 is 1.68 bits per heavy atom. The van der Waals surface area contributed by atoms with Gasteiger partial charge < -0.3 is 5.32 Å². The first-order valence-corrected chi connectivity index (χ1v) is 11.5. The second-order valence-corrected chi connectivity index (χ2v) is 9.47. The lowest BCUT2D eigenvalue weighted by Gasteiger charge is -2.28. The Morgan fingerprint density at radius 3 is 2.21 bits per heavy atom. The van der Waals surface area contributed by atoms with Crippen LogP contribution in [0, 0.1) is 6.92 Å². The smallest absolute Gasteiger partial charge is 0.243 e. The van der Waals surface area contributed by atoms with Crippen LogP contribution in [0.15, 0.2) is 42.5 Å². The minimum Gasteiger partial charge on any atom is -0.354 e. The minimum absolute atomic E-state index is 0.252. The maximum Gasteiger partial charge on any atom is 0.243 e. The van der Waals surface area contributed by atoms with Gasteiger partial charge in [-0.2, -0.15) is 0 Å². The fraction of sp³-hybridized carbons (Fsp3) is 0.350. The highest BCUT2D eigenvalue weighted by Gasteiger charge is 2.29. The van der Waals surface area contributed by atoms with E-state index in [-0.39, 0.29) is 11.6 Å².